The van der Waals surface area contributed by atoms with Gasteiger partial charge in [-0.3, -0.25) is 9.59 Å². The van der Waals surface area contributed by atoms with Gasteiger partial charge < -0.3 is 25.0 Å². The quantitative estimate of drug-likeness (QED) is 0.307. The Balaban J connectivity index is 2.31. The van der Waals surface area contributed by atoms with Gasteiger partial charge in [-0.2, -0.15) is 5.10 Å². The number of nitrogens with one attached hydrogen (secondary N) is 1. The van der Waals surface area contributed by atoms with Crippen LogP contribution in [0.25, 0.3) is 10.9 Å². The van der Waals surface area contributed by atoms with Gasteiger partial charge in [0.1, 0.15) is 29.7 Å². The first-order valence-electron chi connectivity index (χ1n) is 8.22. The molecule has 0 aliphatic heterocycles. The lowest BCUT2D eigenvalue weighted by Gasteiger charge is -2.18. The third-order valence-electron chi connectivity index (χ3n) is 4.03. The van der Waals surface area contributed by atoms with Crippen molar-refractivity contribution in [3.63, 3.8) is 0 Å². The van der Waals surface area contributed by atoms with Gasteiger partial charge in [-0.15, -0.1) is 0 Å². The van der Waals surface area contributed by atoms with Gasteiger partial charge in [0.15, 0.2) is 0 Å². The predicted octanol–water partition coefficient (Wildman–Crippen LogP) is -0.395. The molecule has 2 rings (SSSR count). The summed E-state index contributed by atoms with van der Waals surface area (Å²) in [5, 5.41) is 40.2. The molecule has 0 aliphatic carbocycles. The number of hydrogen-bond acceptors (Lipinski definition) is 7. The molecular weight excluding hydrogens is 397 g/mol. The number of pyridine rings is 1. The fourth-order valence-electron chi connectivity index (χ4n) is 2.46. The van der Waals surface area contributed by atoms with E-state index in [4.69, 9.17) is 16.7 Å². The van der Waals surface area contributed by atoms with Crippen molar-refractivity contribution in [3.8, 4) is 0 Å². The number of aliphatic hydroxyl groups excluding tert-OH is 4. The molecule has 1 heterocycles. The minimum atomic E-state index is -1.73. The zero-order valence-electron chi connectivity index (χ0n) is 14.7. The minimum Gasteiger partial charge on any atom is -0.394 e. The van der Waals surface area contributed by atoms with E-state index in [1.165, 1.54) is 16.8 Å². The van der Waals surface area contributed by atoms with E-state index < -0.39 is 42.1 Å². The molecule has 11 heteroatoms. The Bertz CT molecular complexity index is 964. The molecule has 0 saturated carbocycles. The molecule has 1 amide bonds. The van der Waals surface area contributed by atoms with E-state index in [2.05, 4.69) is 5.10 Å². The van der Waals surface area contributed by atoms with E-state index in [-0.39, 0.29) is 16.0 Å². The van der Waals surface area contributed by atoms with Crippen molar-refractivity contribution in [1.82, 2.24) is 9.99 Å². The fraction of sp³-hybridized carbons (Fsp3) is 0.353. The van der Waals surface area contributed by atoms with Crippen molar-refractivity contribution < 1.29 is 29.6 Å². The summed E-state index contributed by atoms with van der Waals surface area (Å²) in [6, 6.07) is 2.24. The van der Waals surface area contributed by atoms with Crippen LogP contribution in [0, 0.1) is 5.82 Å². The fourth-order valence-corrected chi connectivity index (χ4v) is 2.62. The van der Waals surface area contributed by atoms with Gasteiger partial charge in [-0.05, 0) is 19.1 Å². The Labute approximate surface area is 163 Å². The Kier molecular flexibility index (Phi) is 7.22. The van der Waals surface area contributed by atoms with Crippen molar-refractivity contribution in [3.05, 3.63) is 45.0 Å². The van der Waals surface area contributed by atoms with Crippen LogP contribution in [0.2, 0.25) is 5.02 Å². The first kappa shape index (κ1) is 21.9. The van der Waals surface area contributed by atoms with Crippen LogP contribution < -0.4 is 10.9 Å². The van der Waals surface area contributed by atoms with Crippen LogP contribution in [0.1, 0.15) is 17.3 Å². The molecule has 2 aromatic rings. The highest BCUT2D eigenvalue weighted by Gasteiger charge is 2.23. The standard InChI is InChI=1S/C17H19ClFN3O6/c1-2-22-6-9(15(26)8-3-11(19)10(18)4-12(8)22)17(28)21-20-5-13(24)16(27)14(25)7-23/h3-6,13-14,16,23-25,27H,2,7H2,1H3,(H,21,28)/b20-5+/t13-,14+,16+/m0/s1. The molecule has 0 aliphatic rings. The van der Waals surface area contributed by atoms with E-state index in [0.29, 0.717) is 12.1 Å². The molecule has 0 fully saturated rings. The van der Waals surface area contributed by atoms with E-state index >= 15 is 0 Å². The summed E-state index contributed by atoms with van der Waals surface area (Å²) in [5.74, 6) is -1.73. The summed E-state index contributed by atoms with van der Waals surface area (Å²) in [6.45, 7) is 1.34. The second-order valence-electron chi connectivity index (χ2n) is 5.89. The molecule has 1 aromatic carbocycles. The highest BCUT2D eigenvalue weighted by Crippen LogP contribution is 2.21. The number of benzene rings is 1. The SMILES string of the molecule is CCn1cc(C(=O)N/N=C/[C@H](O)[C@@H](O)[C@H](O)CO)c(=O)c2cc(F)c(Cl)cc21. The average Bonchev–Trinajstić information content (AvgIpc) is 2.68. The summed E-state index contributed by atoms with van der Waals surface area (Å²) in [5.41, 5.74) is 1.31. The summed E-state index contributed by atoms with van der Waals surface area (Å²) in [4.78, 5) is 24.8. The summed E-state index contributed by atoms with van der Waals surface area (Å²) < 4.78 is 15.3. The second kappa shape index (κ2) is 9.22. The lowest BCUT2D eigenvalue weighted by atomic mass is 10.1. The van der Waals surface area contributed by atoms with Gasteiger partial charge in [-0.1, -0.05) is 11.6 Å². The number of rotatable bonds is 7. The number of aryl methyl sites for hydroxylation is 1. The number of hydrogen-bond donors (Lipinski definition) is 5. The van der Waals surface area contributed by atoms with Crippen LogP contribution in [-0.4, -0.2) is 62.0 Å². The maximum Gasteiger partial charge on any atom is 0.276 e. The molecule has 152 valence electrons. The number of halogens is 2. The molecule has 0 radical (unpaired) electrons. The van der Waals surface area contributed by atoms with Crippen molar-refractivity contribution in [2.24, 2.45) is 5.10 Å². The number of carbonyl (C=O) groups excluding carboxylic acids is 1. The second-order valence-corrected chi connectivity index (χ2v) is 6.30. The summed E-state index contributed by atoms with van der Waals surface area (Å²) in [7, 11) is 0. The maximum absolute atomic E-state index is 13.8. The number of hydrazone groups is 1. The molecule has 0 saturated heterocycles. The number of fused-ring (bicyclic) bond motifs is 1. The number of nitrogens with zero attached hydrogens (tertiary/aromatic N) is 2. The van der Waals surface area contributed by atoms with E-state index in [1.54, 1.807) is 6.92 Å². The molecule has 1 aromatic heterocycles. The molecule has 3 atom stereocenters. The highest BCUT2D eigenvalue weighted by atomic mass is 35.5. The Hall–Kier alpha value is -2.37. The number of carbonyl (C=O) groups is 1. The summed E-state index contributed by atoms with van der Waals surface area (Å²) in [6.07, 6.45) is -3.01. The van der Waals surface area contributed by atoms with Crippen LogP contribution in [0.5, 0.6) is 0 Å². The first-order chi connectivity index (χ1) is 13.2. The number of aromatic nitrogens is 1. The van der Waals surface area contributed by atoms with E-state index in [0.717, 1.165) is 12.3 Å². The van der Waals surface area contributed by atoms with Gasteiger partial charge in [0.25, 0.3) is 5.91 Å². The van der Waals surface area contributed by atoms with E-state index in [1.807, 2.05) is 5.43 Å². The summed E-state index contributed by atoms with van der Waals surface area (Å²) >= 11 is 5.76. The third kappa shape index (κ3) is 4.54. The molecule has 9 nitrogen and oxygen atoms in total. The maximum atomic E-state index is 13.8. The Morgan fingerprint density at radius 2 is 2.07 bits per heavy atom. The molecule has 0 bridgehead atoms. The molecule has 5 N–H and O–H groups in total. The lowest BCUT2D eigenvalue weighted by Crippen LogP contribution is -2.40. The first-order valence-corrected chi connectivity index (χ1v) is 8.59. The van der Waals surface area contributed by atoms with Crippen LogP contribution in [0.3, 0.4) is 0 Å². The Morgan fingerprint density at radius 3 is 2.68 bits per heavy atom. The van der Waals surface area contributed by atoms with Crippen molar-refractivity contribution in [2.45, 2.75) is 31.8 Å². The molecule has 0 spiro atoms. The topological polar surface area (TPSA) is 144 Å². The van der Waals surface area contributed by atoms with Gasteiger partial charge in [0.2, 0.25) is 5.43 Å². The molecule has 28 heavy (non-hydrogen) atoms. The smallest absolute Gasteiger partial charge is 0.276 e. The number of amides is 1. The van der Waals surface area contributed by atoms with Crippen LogP contribution in [-0.2, 0) is 6.54 Å². The van der Waals surface area contributed by atoms with Crippen LogP contribution in [0.4, 0.5) is 4.39 Å². The van der Waals surface area contributed by atoms with Gasteiger partial charge >= 0.3 is 0 Å². The van der Waals surface area contributed by atoms with Crippen LogP contribution >= 0.6 is 11.6 Å². The van der Waals surface area contributed by atoms with Gasteiger partial charge in [0, 0.05) is 18.1 Å². The largest absolute Gasteiger partial charge is 0.394 e. The van der Waals surface area contributed by atoms with Crippen molar-refractivity contribution in [1.29, 1.82) is 0 Å². The molecular formula is C17H19ClFN3O6. The third-order valence-corrected chi connectivity index (χ3v) is 4.32. The van der Waals surface area contributed by atoms with Gasteiger partial charge in [0.05, 0.1) is 23.4 Å². The van der Waals surface area contributed by atoms with Crippen molar-refractivity contribution in [2.75, 3.05) is 6.61 Å². The predicted molar refractivity (Wildman–Crippen MR) is 99.9 cm³/mol. The zero-order chi connectivity index (χ0) is 21.0. The lowest BCUT2D eigenvalue weighted by molar-refractivity contribution is -0.0542. The zero-order valence-corrected chi connectivity index (χ0v) is 15.5. The average molecular weight is 416 g/mol. The normalized spacial score (nSPS) is 15.0. The van der Waals surface area contributed by atoms with Crippen molar-refractivity contribution >= 4 is 34.6 Å². The minimum absolute atomic E-state index is 0.0399. The van der Waals surface area contributed by atoms with Crippen LogP contribution in [0.15, 0.2) is 28.2 Å². The molecule has 0 unspecified atom stereocenters. The van der Waals surface area contributed by atoms with E-state index in [9.17, 15) is 29.3 Å². The van der Waals surface area contributed by atoms with Gasteiger partial charge in [-0.25, -0.2) is 9.82 Å². The number of aliphatic hydroxyl groups is 4. The Morgan fingerprint density at radius 1 is 1.39 bits per heavy atom. The monoisotopic (exact) mass is 415 g/mol. The highest BCUT2D eigenvalue weighted by molar-refractivity contribution is 6.31.